The van der Waals surface area contributed by atoms with Crippen molar-refractivity contribution in [3.8, 4) is 0 Å². The van der Waals surface area contributed by atoms with Gasteiger partial charge in [0.1, 0.15) is 0 Å². The van der Waals surface area contributed by atoms with Crippen LogP contribution in [0, 0.1) is 29.6 Å². The molecule has 0 aromatic heterocycles. The number of guanidine groups is 1. The first-order chi connectivity index (χ1) is 14.8. The highest BCUT2D eigenvalue weighted by molar-refractivity contribution is 6.06. The average Bonchev–Trinajstić information content (AvgIpc) is 3.42. The maximum absolute atomic E-state index is 12.8. The number of imide groups is 1. The summed E-state index contributed by atoms with van der Waals surface area (Å²) in [7, 11) is 1.78. The second-order valence-electron chi connectivity index (χ2n) is 10.5. The van der Waals surface area contributed by atoms with Gasteiger partial charge in [-0.15, -0.1) is 0 Å². The summed E-state index contributed by atoms with van der Waals surface area (Å²) < 4.78 is 0. The number of hydrogen-bond donors (Lipinski definition) is 2. The lowest BCUT2D eigenvalue weighted by molar-refractivity contribution is -0.140. The molecule has 2 aliphatic heterocycles. The lowest BCUT2D eigenvalue weighted by atomic mass is 9.85. The Hall–Kier alpha value is -1.89. The maximum Gasteiger partial charge on any atom is 0.233 e. The SMILES string of the molecule is CN=C(NCCCN1C(=O)C2C3C=CC(C3)C2C1=O)NCC(C)(C)N1CCCC(C)C1. The summed E-state index contributed by atoms with van der Waals surface area (Å²) in [5, 5.41) is 6.81. The highest BCUT2D eigenvalue weighted by atomic mass is 16.2. The Morgan fingerprint density at radius 3 is 2.45 bits per heavy atom. The summed E-state index contributed by atoms with van der Waals surface area (Å²) >= 11 is 0. The summed E-state index contributed by atoms with van der Waals surface area (Å²) in [6.07, 6.45) is 8.59. The number of carbonyl (C=O) groups is 2. The zero-order chi connectivity index (χ0) is 22.2. The number of hydrogen-bond acceptors (Lipinski definition) is 4. The zero-order valence-electron chi connectivity index (χ0n) is 19.6. The first kappa shape index (κ1) is 22.3. The summed E-state index contributed by atoms with van der Waals surface area (Å²) in [6, 6.07) is 0. The van der Waals surface area contributed by atoms with Gasteiger partial charge in [-0.3, -0.25) is 24.4 Å². The molecular formula is C24H39N5O2. The van der Waals surface area contributed by atoms with Gasteiger partial charge in [0.05, 0.1) is 11.8 Å². The number of nitrogens with one attached hydrogen (secondary N) is 2. The molecule has 0 aromatic carbocycles. The van der Waals surface area contributed by atoms with Crippen molar-refractivity contribution in [3.63, 3.8) is 0 Å². The van der Waals surface area contributed by atoms with E-state index in [9.17, 15) is 9.59 Å². The third-order valence-corrected chi connectivity index (χ3v) is 7.84. The van der Waals surface area contributed by atoms with Crippen molar-refractivity contribution in [3.05, 3.63) is 12.2 Å². The van der Waals surface area contributed by atoms with Crippen molar-refractivity contribution in [2.45, 2.75) is 52.0 Å². The fourth-order valence-electron chi connectivity index (χ4n) is 6.00. The Morgan fingerprint density at radius 1 is 1.16 bits per heavy atom. The van der Waals surface area contributed by atoms with Crippen molar-refractivity contribution < 1.29 is 9.59 Å². The van der Waals surface area contributed by atoms with Crippen molar-refractivity contribution in [2.24, 2.45) is 34.6 Å². The molecule has 0 spiro atoms. The Kier molecular flexibility index (Phi) is 6.42. The van der Waals surface area contributed by atoms with Crippen LogP contribution in [-0.2, 0) is 9.59 Å². The van der Waals surface area contributed by atoms with Gasteiger partial charge in [-0.2, -0.15) is 0 Å². The van der Waals surface area contributed by atoms with Crippen LogP contribution in [0.2, 0.25) is 0 Å². The van der Waals surface area contributed by atoms with Crippen LogP contribution in [-0.4, -0.2) is 72.9 Å². The molecule has 3 fully saturated rings. The maximum atomic E-state index is 12.8. The van der Waals surface area contributed by atoms with Crippen LogP contribution in [0.1, 0.15) is 46.5 Å². The first-order valence-corrected chi connectivity index (χ1v) is 12.0. The van der Waals surface area contributed by atoms with Gasteiger partial charge in [-0.1, -0.05) is 19.1 Å². The largest absolute Gasteiger partial charge is 0.356 e. The van der Waals surface area contributed by atoms with Gasteiger partial charge in [-0.05, 0) is 63.8 Å². The normalized spacial score (nSPS) is 33.4. The summed E-state index contributed by atoms with van der Waals surface area (Å²) in [5.41, 5.74) is 0.0614. The van der Waals surface area contributed by atoms with Crippen molar-refractivity contribution in [1.29, 1.82) is 0 Å². The van der Waals surface area contributed by atoms with Gasteiger partial charge in [-0.25, -0.2) is 0 Å². The van der Waals surface area contributed by atoms with Crippen LogP contribution in [0.5, 0.6) is 0 Å². The number of carbonyl (C=O) groups excluding carboxylic acids is 2. The highest BCUT2D eigenvalue weighted by Gasteiger charge is 2.58. The second kappa shape index (κ2) is 8.93. The molecular weight excluding hydrogens is 390 g/mol. The number of aliphatic imine (C=N–C) groups is 1. The molecule has 2 bridgehead atoms. The van der Waals surface area contributed by atoms with Crippen molar-refractivity contribution in [1.82, 2.24) is 20.4 Å². The van der Waals surface area contributed by atoms with E-state index in [4.69, 9.17) is 0 Å². The molecule has 4 aliphatic rings. The Morgan fingerprint density at radius 2 is 1.84 bits per heavy atom. The molecule has 2 saturated heterocycles. The molecule has 1 saturated carbocycles. The minimum atomic E-state index is -0.0929. The standard InChI is InChI=1S/C24H39N5O2/c1-16-7-5-11-28(14-16)24(2,3)15-27-23(25-4)26-10-6-12-29-21(30)19-17-8-9-18(13-17)20(19)22(29)31/h8-9,16-20H,5-7,10-15H2,1-4H3,(H2,25,26,27). The Balaban J connectivity index is 1.20. The number of rotatable bonds is 7. The van der Waals surface area contributed by atoms with E-state index in [-0.39, 0.29) is 41.0 Å². The molecule has 2 N–H and O–H groups in total. The molecule has 5 unspecified atom stereocenters. The van der Waals surface area contributed by atoms with Gasteiger partial charge in [0.25, 0.3) is 0 Å². The smallest absolute Gasteiger partial charge is 0.233 e. The van der Waals surface area contributed by atoms with E-state index in [1.807, 2.05) is 0 Å². The zero-order valence-corrected chi connectivity index (χ0v) is 19.6. The Labute approximate surface area is 186 Å². The number of allylic oxidation sites excluding steroid dienone is 2. The third-order valence-electron chi connectivity index (χ3n) is 7.84. The monoisotopic (exact) mass is 429 g/mol. The fourth-order valence-corrected chi connectivity index (χ4v) is 6.00. The topological polar surface area (TPSA) is 77.0 Å². The van der Waals surface area contributed by atoms with E-state index in [2.05, 4.69) is 53.4 Å². The minimum Gasteiger partial charge on any atom is -0.356 e. The van der Waals surface area contributed by atoms with Gasteiger partial charge >= 0.3 is 0 Å². The molecule has 2 heterocycles. The van der Waals surface area contributed by atoms with Gasteiger partial charge in [0, 0.05) is 38.8 Å². The molecule has 31 heavy (non-hydrogen) atoms. The van der Waals surface area contributed by atoms with Crippen molar-refractivity contribution in [2.75, 3.05) is 39.8 Å². The number of nitrogens with zero attached hydrogens (tertiary/aromatic N) is 3. The van der Waals surface area contributed by atoms with Gasteiger partial charge < -0.3 is 10.6 Å². The van der Waals surface area contributed by atoms with E-state index in [1.54, 1.807) is 7.05 Å². The molecule has 4 rings (SSSR count). The number of likely N-dealkylation sites (tertiary alicyclic amines) is 2. The average molecular weight is 430 g/mol. The van der Waals surface area contributed by atoms with Crippen LogP contribution in [0.3, 0.4) is 0 Å². The highest BCUT2D eigenvalue weighted by Crippen LogP contribution is 2.52. The molecule has 7 heteroatoms. The predicted molar refractivity (Wildman–Crippen MR) is 122 cm³/mol. The summed E-state index contributed by atoms with van der Waals surface area (Å²) in [6.45, 7) is 11.2. The molecule has 2 aliphatic carbocycles. The van der Waals surface area contributed by atoms with E-state index in [0.717, 1.165) is 44.4 Å². The first-order valence-electron chi connectivity index (χ1n) is 12.0. The van der Waals surface area contributed by atoms with Crippen LogP contribution >= 0.6 is 0 Å². The lowest BCUT2D eigenvalue weighted by Gasteiger charge is -2.43. The summed E-state index contributed by atoms with van der Waals surface area (Å²) in [5.74, 6) is 2.00. The summed E-state index contributed by atoms with van der Waals surface area (Å²) in [4.78, 5) is 34.0. The van der Waals surface area contributed by atoms with Crippen molar-refractivity contribution >= 4 is 17.8 Å². The predicted octanol–water partition coefficient (Wildman–Crippen LogP) is 1.86. The number of amides is 2. The molecule has 0 radical (unpaired) electrons. The molecule has 5 atom stereocenters. The van der Waals surface area contributed by atoms with E-state index in [1.165, 1.54) is 17.7 Å². The van der Waals surface area contributed by atoms with Crippen LogP contribution < -0.4 is 10.6 Å². The minimum absolute atomic E-state index is 0.0480. The van der Waals surface area contributed by atoms with Crippen LogP contribution in [0.25, 0.3) is 0 Å². The van der Waals surface area contributed by atoms with Gasteiger partial charge in [0.2, 0.25) is 11.8 Å². The second-order valence-corrected chi connectivity index (χ2v) is 10.5. The van der Waals surface area contributed by atoms with Crippen LogP contribution in [0.15, 0.2) is 17.1 Å². The van der Waals surface area contributed by atoms with E-state index < -0.39 is 0 Å². The molecule has 172 valence electrons. The molecule has 7 nitrogen and oxygen atoms in total. The Bertz CT molecular complexity index is 731. The number of piperidine rings is 1. The fraction of sp³-hybridized carbons (Fsp3) is 0.792. The number of fused-ring (bicyclic) bond motifs is 5. The van der Waals surface area contributed by atoms with Crippen LogP contribution in [0.4, 0.5) is 0 Å². The van der Waals surface area contributed by atoms with E-state index in [0.29, 0.717) is 13.1 Å². The van der Waals surface area contributed by atoms with E-state index >= 15 is 0 Å². The lowest BCUT2D eigenvalue weighted by Crippen LogP contribution is -2.56. The molecule has 0 aromatic rings. The molecule has 2 amide bonds. The van der Waals surface area contributed by atoms with Gasteiger partial charge in [0.15, 0.2) is 5.96 Å². The quantitative estimate of drug-likeness (QED) is 0.212. The third kappa shape index (κ3) is 4.38.